The van der Waals surface area contributed by atoms with Crippen LogP contribution in [0.2, 0.25) is 5.02 Å². The molecule has 7 heteroatoms. The maximum Gasteiger partial charge on any atom is 0.243 e. The first-order valence-electron chi connectivity index (χ1n) is 9.18. The van der Waals surface area contributed by atoms with Gasteiger partial charge in [-0.2, -0.15) is 0 Å². The average Bonchev–Trinajstić information content (AvgIpc) is 2.67. The van der Waals surface area contributed by atoms with E-state index in [2.05, 4.69) is 5.32 Å². The smallest absolute Gasteiger partial charge is 0.243 e. The molecule has 1 N–H and O–H groups in total. The first kappa shape index (κ1) is 21.1. The van der Waals surface area contributed by atoms with Gasteiger partial charge in [-0.05, 0) is 53.9 Å². The average molecular weight is 431 g/mol. The fourth-order valence-corrected chi connectivity index (χ4v) is 4.68. The summed E-state index contributed by atoms with van der Waals surface area (Å²) in [6.45, 7) is 3.65. The van der Waals surface area contributed by atoms with Crippen LogP contribution in [0.4, 0.5) is 5.69 Å². The number of nitrogens with zero attached hydrogens (tertiary/aromatic N) is 1. The zero-order valence-corrected chi connectivity index (χ0v) is 18.1. The molecule has 0 aliphatic heterocycles. The largest absolute Gasteiger partial charge is 0.350 e. The quantitative estimate of drug-likeness (QED) is 0.635. The number of anilines is 1. The van der Waals surface area contributed by atoms with E-state index < -0.39 is 16.1 Å². The van der Waals surface area contributed by atoms with Gasteiger partial charge in [0.2, 0.25) is 15.9 Å². The Kier molecular flexibility index (Phi) is 6.15. The van der Waals surface area contributed by atoms with Gasteiger partial charge in [0.1, 0.15) is 6.04 Å². The third-order valence-corrected chi connectivity index (χ3v) is 6.24. The molecule has 0 heterocycles. The number of carbonyl (C=O) groups excluding carboxylic acids is 1. The summed E-state index contributed by atoms with van der Waals surface area (Å²) < 4.78 is 26.0. The molecule has 1 atom stereocenters. The van der Waals surface area contributed by atoms with Crippen LogP contribution in [-0.2, 0) is 21.4 Å². The van der Waals surface area contributed by atoms with Crippen LogP contribution in [0.25, 0.3) is 10.8 Å². The second-order valence-corrected chi connectivity index (χ2v) is 9.36. The molecule has 0 fully saturated rings. The summed E-state index contributed by atoms with van der Waals surface area (Å²) in [5.41, 5.74) is 2.05. The van der Waals surface area contributed by atoms with Crippen molar-refractivity contribution >= 4 is 44.0 Å². The zero-order chi connectivity index (χ0) is 21.2. The minimum atomic E-state index is -3.70. The number of sulfonamides is 1. The molecule has 3 rings (SSSR count). The van der Waals surface area contributed by atoms with E-state index >= 15 is 0 Å². The van der Waals surface area contributed by atoms with Crippen molar-refractivity contribution in [2.75, 3.05) is 10.6 Å². The van der Waals surface area contributed by atoms with Crippen molar-refractivity contribution < 1.29 is 13.2 Å². The standard InChI is InChI=1S/C22H23ClN2O3S/c1-15-8-11-20(23)13-21(15)25(29(3,27)28)16(2)22(26)24-14-17-9-10-18-6-4-5-7-19(18)12-17/h4-13,16H,14H2,1-3H3,(H,24,26)/t16-/m1/s1. The Labute approximate surface area is 176 Å². The fourth-order valence-electron chi connectivity index (χ4n) is 3.29. The summed E-state index contributed by atoms with van der Waals surface area (Å²) in [6.07, 6.45) is 1.08. The van der Waals surface area contributed by atoms with E-state index in [1.807, 2.05) is 42.5 Å². The summed E-state index contributed by atoms with van der Waals surface area (Å²) in [6, 6.07) is 18.0. The van der Waals surface area contributed by atoms with Crippen LogP contribution in [0.5, 0.6) is 0 Å². The molecule has 29 heavy (non-hydrogen) atoms. The Balaban J connectivity index is 1.81. The third kappa shape index (κ3) is 4.89. The number of benzene rings is 3. The Morgan fingerprint density at radius 2 is 1.76 bits per heavy atom. The molecule has 1 amide bonds. The minimum Gasteiger partial charge on any atom is -0.350 e. The lowest BCUT2D eigenvalue weighted by Gasteiger charge is -2.29. The number of halogens is 1. The molecule has 0 radical (unpaired) electrons. The van der Waals surface area contributed by atoms with E-state index in [1.165, 1.54) is 0 Å². The number of nitrogens with one attached hydrogen (secondary N) is 1. The van der Waals surface area contributed by atoms with E-state index in [1.54, 1.807) is 32.0 Å². The third-order valence-electron chi connectivity index (χ3n) is 4.78. The highest BCUT2D eigenvalue weighted by Crippen LogP contribution is 2.28. The molecule has 0 aliphatic carbocycles. The van der Waals surface area contributed by atoms with Crippen LogP contribution in [0.3, 0.4) is 0 Å². The van der Waals surface area contributed by atoms with Gasteiger partial charge in [-0.3, -0.25) is 9.10 Å². The van der Waals surface area contributed by atoms with Gasteiger partial charge in [-0.1, -0.05) is 54.1 Å². The van der Waals surface area contributed by atoms with Gasteiger partial charge in [-0.25, -0.2) is 8.42 Å². The molecule has 0 bridgehead atoms. The molecule has 152 valence electrons. The van der Waals surface area contributed by atoms with Crippen molar-refractivity contribution in [3.05, 3.63) is 76.8 Å². The predicted octanol–water partition coefficient (Wildman–Crippen LogP) is 4.27. The van der Waals surface area contributed by atoms with Gasteiger partial charge < -0.3 is 5.32 Å². The van der Waals surface area contributed by atoms with Gasteiger partial charge in [0.25, 0.3) is 0 Å². The second-order valence-electron chi connectivity index (χ2n) is 7.06. The lowest BCUT2D eigenvalue weighted by Crippen LogP contribution is -2.48. The highest BCUT2D eigenvalue weighted by atomic mass is 35.5. The van der Waals surface area contributed by atoms with Gasteiger partial charge in [-0.15, -0.1) is 0 Å². The van der Waals surface area contributed by atoms with Crippen molar-refractivity contribution in [2.24, 2.45) is 0 Å². The number of hydrogen-bond acceptors (Lipinski definition) is 3. The Morgan fingerprint density at radius 1 is 1.07 bits per heavy atom. The first-order chi connectivity index (χ1) is 13.7. The summed E-state index contributed by atoms with van der Waals surface area (Å²) in [5.74, 6) is -0.386. The molecular formula is C22H23ClN2O3S. The second kappa shape index (κ2) is 8.43. The van der Waals surface area contributed by atoms with E-state index in [0.29, 0.717) is 22.8 Å². The molecular weight excluding hydrogens is 408 g/mol. The van der Waals surface area contributed by atoms with Crippen molar-refractivity contribution in [1.29, 1.82) is 0 Å². The van der Waals surface area contributed by atoms with Gasteiger partial charge in [0.15, 0.2) is 0 Å². The molecule has 0 aliphatic rings. The number of fused-ring (bicyclic) bond motifs is 1. The molecule has 0 saturated carbocycles. The Morgan fingerprint density at radius 3 is 2.45 bits per heavy atom. The van der Waals surface area contributed by atoms with Crippen LogP contribution in [0.15, 0.2) is 60.7 Å². The molecule has 3 aromatic carbocycles. The SMILES string of the molecule is Cc1ccc(Cl)cc1N([C@H](C)C(=O)NCc1ccc2ccccc2c1)S(C)(=O)=O. The molecule has 5 nitrogen and oxygen atoms in total. The summed E-state index contributed by atoms with van der Waals surface area (Å²) in [4.78, 5) is 12.8. The lowest BCUT2D eigenvalue weighted by molar-refractivity contribution is -0.122. The van der Waals surface area contributed by atoms with Crippen molar-refractivity contribution in [2.45, 2.75) is 26.4 Å². The summed E-state index contributed by atoms with van der Waals surface area (Å²) in [5, 5.41) is 5.45. The van der Waals surface area contributed by atoms with E-state index in [0.717, 1.165) is 26.9 Å². The van der Waals surface area contributed by atoms with Crippen LogP contribution in [0.1, 0.15) is 18.1 Å². The number of carbonyl (C=O) groups is 1. The maximum atomic E-state index is 12.8. The van der Waals surface area contributed by atoms with Crippen LogP contribution in [0, 0.1) is 6.92 Å². The zero-order valence-electron chi connectivity index (χ0n) is 16.5. The van der Waals surface area contributed by atoms with Crippen molar-refractivity contribution in [1.82, 2.24) is 5.32 Å². The Hall–Kier alpha value is -2.57. The van der Waals surface area contributed by atoms with Crippen LogP contribution >= 0.6 is 11.6 Å². The first-order valence-corrected chi connectivity index (χ1v) is 11.4. The molecule has 0 spiro atoms. The fraction of sp³-hybridized carbons (Fsp3) is 0.227. The normalized spacial score (nSPS) is 12.6. The van der Waals surface area contributed by atoms with Crippen LogP contribution in [-0.4, -0.2) is 26.6 Å². The number of amides is 1. The van der Waals surface area contributed by atoms with E-state index in [4.69, 9.17) is 11.6 Å². The lowest BCUT2D eigenvalue weighted by atomic mass is 10.1. The highest BCUT2D eigenvalue weighted by molar-refractivity contribution is 7.92. The molecule has 0 unspecified atom stereocenters. The number of rotatable bonds is 6. The number of hydrogen-bond donors (Lipinski definition) is 1. The van der Waals surface area contributed by atoms with Crippen molar-refractivity contribution in [3.8, 4) is 0 Å². The minimum absolute atomic E-state index is 0.306. The van der Waals surface area contributed by atoms with Gasteiger partial charge >= 0.3 is 0 Å². The van der Waals surface area contributed by atoms with Crippen LogP contribution < -0.4 is 9.62 Å². The predicted molar refractivity (Wildman–Crippen MR) is 119 cm³/mol. The van der Waals surface area contributed by atoms with E-state index in [9.17, 15) is 13.2 Å². The highest BCUT2D eigenvalue weighted by Gasteiger charge is 2.30. The number of aryl methyl sites for hydroxylation is 1. The molecule has 3 aromatic rings. The molecule has 0 aromatic heterocycles. The van der Waals surface area contributed by atoms with E-state index in [-0.39, 0.29) is 5.91 Å². The monoisotopic (exact) mass is 430 g/mol. The van der Waals surface area contributed by atoms with Gasteiger partial charge in [0, 0.05) is 11.6 Å². The summed E-state index contributed by atoms with van der Waals surface area (Å²) in [7, 11) is -3.70. The molecule has 0 saturated heterocycles. The maximum absolute atomic E-state index is 12.8. The van der Waals surface area contributed by atoms with Gasteiger partial charge in [0.05, 0.1) is 11.9 Å². The summed E-state index contributed by atoms with van der Waals surface area (Å²) >= 11 is 6.06. The van der Waals surface area contributed by atoms with Crippen molar-refractivity contribution in [3.63, 3.8) is 0 Å². The Bertz CT molecular complexity index is 1160. The topological polar surface area (TPSA) is 66.5 Å².